The number of furan rings is 1. The van der Waals surface area contributed by atoms with Gasteiger partial charge in [-0.2, -0.15) is 0 Å². The first kappa shape index (κ1) is 20.2. The van der Waals surface area contributed by atoms with Crippen LogP contribution in [0.3, 0.4) is 0 Å². The van der Waals surface area contributed by atoms with Crippen molar-refractivity contribution in [2.45, 2.75) is 58.3 Å². The van der Waals surface area contributed by atoms with Crippen molar-refractivity contribution in [3.05, 3.63) is 41.0 Å². The Morgan fingerprint density at radius 1 is 1.38 bits per heavy atom. The highest BCUT2D eigenvalue weighted by Crippen LogP contribution is 2.20. The van der Waals surface area contributed by atoms with Gasteiger partial charge in [0.1, 0.15) is 24.2 Å². The summed E-state index contributed by atoms with van der Waals surface area (Å²) in [5, 5.41) is 28.8. The Morgan fingerprint density at radius 2 is 2.12 bits per heavy atom. The normalized spacial score (nSPS) is 13.0. The molecule has 134 valence electrons. The molecule has 0 spiro atoms. The maximum atomic E-state index is 11.5. The van der Waals surface area contributed by atoms with Crippen LogP contribution >= 0.6 is 0 Å². The molecule has 0 bridgehead atoms. The third kappa shape index (κ3) is 6.72. The van der Waals surface area contributed by atoms with Crippen molar-refractivity contribution >= 4 is 5.97 Å². The lowest BCUT2D eigenvalue weighted by molar-refractivity contribution is -0.152. The Balaban J connectivity index is 2.68. The highest BCUT2D eigenvalue weighted by molar-refractivity contribution is 5.74. The molecule has 1 rings (SSSR count). The van der Waals surface area contributed by atoms with Crippen LogP contribution in [0.25, 0.3) is 0 Å². The van der Waals surface area contributed by atoms with E-state index in [1.807, 2.05) is 6.92 Å². The van der Waals surface area contributed by atoms with Crippen molar-refractivity contribution in [1.29, 1.82) is 0 Å². The summed E-state index contributed by atoms with van der Waals surface area (Å²) < 4.78 is 10.0. The second-order valence-corrected chi connectivity index (χ2v) is 5.39. The maximum absolute atomic E-state index is 11.5. The van der Waals surface area contributed by atoms with Crippen LogP contribution in [0.2, 0.25) is 0 Å². The average Bonchev–Trinajstić information content (AvgIpc) is 3.04. The number of aliphatic hydroxyl groups excluding tert-OH is 3. The zero-order chi connectivity index (χ0) is 17.9. The number of hydrogen-bond acceptors (Lipinski definition) is 6. The van der Waals surface area contributed by atoms with Gasteiger partial charge in [0.25, 0.3) is 0 Å². The highest BCUT2D eigenvalue weighted by Gasteiger charge is 2.17. The van der Waals surface area contributed by atoms with Crippen molar-refractivity contribution in [3.8, 4) is 0 Å². The molecule has 6 nitrogen and oxygen atoms in total. The molecule has 0 saturated heterocycles. The zero-order valence-corrected chi connectivity index (χ0v) is 14.2. The number of ether oxygens (including phenoxy) is 1. The van der Waals surface area contributed by atoms with E-state index in [4.69, 9.17) is 14.3 Å². The van der Waals surface area contributed by atoms with E-state index >= 15 is 0 Å². The molecule has 0 unspecified atom stereocenters. The maximum Gasteiger partial charge on any atom is 0.335 e. The summed E-state index contributed by atoms with van der Waals surface area (Å²) in [6, 6.07) is 3.22. The number of rotatable bonds is 10. The van der Waals surface area contributed by atoms with Gasteiger partial charge < -0.3 is 24.5 Å². The van der Waals surface area contributed by atoms with Gasteiger partial charge in [-0.1, -0.05) is 13.3 Å². The quantitative estimate of drug-likeness (QED) is 0.447. The third-order valence-electron chi connectivity index (χ3n) is 3.36. The van der Waals surface area contributed by atoms with Crippen molar-refractivity contribution in [1.82, 2.24) is 0 Å². The molecular formula is C18H26O6. The Hall–Kier alpha value is -1.85. The van der Waals surface area contributed by atoms with Gasteiger partial charge in [0.2, 0.25) is 0 Å². The summed E-state index contributed by atoms with van der Waals surface area (Å²) in [4.78, 5) is 11.5. The summed E-state index contributed by atoms with van der Waals surface area (Å²) in [5.41, 5.74) is 3.84. The van der Waals surface area contributed by atoms with E-state index in [1.54, 1.807) is 25.1 Å². The van der Waals surface area contributed by atoms with Crippen molar-refractivity contribution in [3.63, 3.8) is 0 Å². The van der Waals surface area contributed by atoms with Crippen molar-refractivity contribution in [2.75, 3.05) is 6.61 Å². The molecule has 0 amide bonds. The van der Waals surface area contributed by atoms with Gasteiger partial charge in [-0.3, -0.25) is 0 Å². The largest absolute Gasteiger partial charge is 0.464 e. The van der Waals surface area contributed by atoms with Crippen LogP contribution in [0, 0.1) is 0 Å². The molecule has 0 aliphatic heterocycles. The molecule has 24 heavy (non-hydrogen) atoms. The number of carbonyl (C=O) groups excluding carboxylic acids is 1. The van der Waals surface area contributed by atoms with Crippen LogP contribution in [-0.2, 0) is 16.1 Å². The van der Waals surface area contributed by atoms with E-state index in [0.29, 0.717) is 17.9 Å². The van der Waals surface area contributed by atoms with Gasteiger partial charge in [-0.25, -0.2) is 4.79 Å². The minimum absolute atomic E-state index is 0.161. The first-order chi connectivity index (χ1) is 11.5. The Kier molecular flexibility index (Phi) is 9.12. The summed E-state index contributed by atoms with van der Waals surface area (Å²) in [7, 11) is 0. The van der Waals surface area contributed by atoms with Crippen LogP contribution in [-0.4, -0.2) is 34.0 Å². The lowest BCUT2D eigenvalue weighted by atomic mass is 10.0. The highest BCUT2D eigenvalue weighted by atomic mass is 16.5. The molecule has 0 aliphatic carbocycles. The monoisotopic (exact) mass is 338 g/mol. The van der Waals surface area contributed by atoms with Gasteiger partial charge in [-0.05, 0) is 37.1 Å². The SMILES string of the molecule is CCCC(=C=CC[C@@H](O)c1ccc(CO)o1)C[C@@H](O)C(=O)OCC. The predicted octanol–water partition coefficient (Wildman–Crippen LogP) is 2.39. The van der Waals surface area contributed by atoms with E-state index in [1.165, 1.54) is 0 Å². The molecule has 6 heteroatoms. The summed E-state index contributed by atoms with van der Waals surface area (Å²) >= 11 is 0. The third-order valence-corrected chi connectivity index (χ3v) is 3.36. The van der Waals surface area contributed by atoms with Gasteiger partial charge in [0.15, 0.2) is 6.10 Å². The minimum atomic E-state index is -1.20. The number of aliphatic hydroxyl groups is 3. The Labute approximate surface area is 142 Å². The number of hydrogen-bond donors (Lipinski definition) is 3. The van der Waals surface area contributed by atoms with Crippen LogP contribution in [0.1, 0.15) is 57.2 Å². The van der Waals surface area contributed by atoms with Gasteiger partial charge in [0, 0.05) is 12.8 Å². The van der Waals surface area contributed by atoms with E-state index < -0.39 is 18.2 Å². The second-order valence-electron chi connectivity index (χ2n) is 5.39. The molecule has 0 aliphatic rings. The van der Waals surface area contributed by atoms with Crippen LogP contribution < -0.4 is 0 Å². The van der Waals surface area contributed by atoms with Crippen LogP contribution in [0.15, 0.2) is 33.9 Å². The lowest BCUT2D eigenvalue weighted by Crippen LogP contribution is -2.23. The molecule has 0 radical (unpaired) electrons. The molecule has 1 aromatic rings. The number of esters is 1. The summed E-state index contributed by atoms with van der Waals surface area (Å²) in [6.07, 6.45) is 1.61. The van der Waals surface area contributed by atoms with E-state index in [2.05, 4.69) is 5.73 Å². The molecular weight excluding hydrogens is 312 g/mol. The molecule has 3 N–H and O–H groups in total. The lowest BCUT2D eigenvalue weighted by Gasteiger charge is -2.10. The van der Waals surface area contributed by atoms with E-state index in [-0.39, 0.29) is 26.1 Å². The first-order valence-corrected chi connectivity index (χ1v) is 8.16. The average molecular weight is 338 g/mol. The topological polar surface area (TPSA) is 100 Å². The molecule has 0 fully saturated rings. The fourth-order valence-corrected chi connectivity index (χ4v) is 2.18. The first-order valence-electron chi connectivity index (χ1n) is 8.16. The minimum Gasteiger partial charge on any atom is -0.464 e. The van der Waals surface area contributed by atoms with E-state index in [9.17, 15) is 15.0 Å². The van der Waals surface area contributed by atoms with E-state index in [0.717, 1.165) is 12.0 Å². The standard InChI is InChI=1S/C18H26O6/c1-3-6-13(11-16(21)18(22)23-4-2)7-5-8-15(20)17-10-9-14(12-19)24-17/h5,9-10,15-16,19-21H,3-4,6,8,11-12H2,1-2H3/t7?,15-,16-/m1/s1. The Morgan fingerprint density at radius 3 is 2.71 bits per heavy atom. The van der Waals surface area contributed by atoms with Crippen molar-refractivity contribution < 1.29 is 29.3 Å². The second kappa shape index (κ2) is 10.8. The molecule has 1 heterocycles. The fraction of sp³-hybridized carbons (Fsp3) is 0.556. The Bertz CT molecular complexity index is 568. The molecule has 0 saturated carbocycles. The summed E-state index contributed by atoms with van der Waals surface area (Å²) in [5.74, 6) is 0.133. The van der Waals surface area contributed by atoms with Crippen LogP contribution in [0.5, 0.6) is 0 Å². The smallest absolute Gasteiger partial charge is 0.335 e. The molecule has 2 atom stereocenters. The van der Waals surface area contributed by atoms with Crippen LogP contribution in [0.4, 0.5) is 0 Å². The van der Waals surface area contributed by atoms with Gasteiger partial charge >= 0.3 is 5.97 Å². The number of carbonyl (C=O) groups is 1. The summed E-state index contributed by atoms with van der Waals surface area (Å²) in [6.45, 7) is 3.69. The molecule has 1 aromatic heterocycles. The zero-order valence-electron chi connectivity index (χ0n) is 14.2. The predicted molar refractivity (Wildman–Crippen MR) is 88.0 cm³/mol. The van der Waals surface area contributed by atoms with Gasteiger partial charge in [-0.15, -0.1) is 5.73 Å². The van der Waals surface area contributed by atoms with Crippen molar-refractivity contribution in [2.24, 2.45) is 0 Å². The van der Waals surface area contributed by atoms with Gasteiger partial charge in [0.05, 0.1) is 6.61 Å². The fourth-order valence-electron chi connectivity index (χ4n) is 2.18. The molecule has 0 aromatic carbocycles.